The van der Waals surface area contributed by atoms with E-state index in [0.29, 0.717) is 17.3 Å². The van der Waals surface area contributed by atoms with E-state index in [1.54, 1.807) is 12.3 Å². The summed E-state index contributed by atoms with van der Waals surface area (Å²) < 4.78 is 13.3. The summed E-state index contributed by atoms with van der Waals surface area (Å²) in [5.74, 6) is -0.309. The monoisotopic (exact) mass is 242 g/mol. The van der Waals surface area contributed by atoms with Gasteiger partial charge in [0.1, 0.15) is 10.8 Å². The summed E-state index contributed by atoms with van der Waals surface area (Å²) >= 11 is 7.28. The molecular weight excluding hydrogens is 235 g/mol. The van der Waals surface area contributed by atoms with Gasteiger partial charge in [0, 0.05) is 16.6 Å². The number of benzene rings is 1. The van der Waals surface area contributed by atoms with Crippen LogP contribution in [0.15, 0.2) is 29.8 Å². The lowest BCUT2D eigenvalue weighted by atomic mass is 10.3. The Morgan fingerprint density at radius 1 is 1.47 bits per heavy atom. The number of aromatic nitrogens is 1. The lowest BCUT2D eigenvalue weighted by molar-refractivity contribution is 0.630. The lowest BCUT2D eigenvalue weighted by Gasteiger charge is -2.05. The zero-order valence-electron chi connectivity index (χ0n) is 7.71. The van der Waals surface area contributed by atoms with Crippen LogP contribution in [-0.2, 0) is 6.54 Å². The van der Waals surface area contributed by atoms with Crippen molar-refractivity contribution in [2.75, 3.05) is 5.32 Å². The highest BCUT2D eigenvalue weighted by Gasteiger charge is 2.03. The van der Waals surface area contributed by atoms with E-state index in [1.165, 1.54) is 23.5 Å². The third kappa shape index (κ3) is 2.67. The third-order valence-electron chi connectivity index (χ3n) is 1.84. The molecule has 0 unspecified atom stereocenters. The first-order valence-electron chi connectivity index (χ1n) is 4.33. The number of nitrogens with zero attached hydrogens (tertiary/aromatic N) is 1. The Bertz CT molecular complexity index is 445. The van der Waals surface area contributed by atoms with Gasteiger partial charge in [-0.3, -0.25) is 0 Å². The van der Waals surface area contributed by atoms with Crippen LogP contribution in [0.4, 0.5) is 10.1 Å². The second-order valence-corrected chi connectivity index (χ2v) is 4.32. The van der Waals surface area contributed by atoms with Gasteiger partial charge in [-0.05, 0) is 18.2 Å². The van der Waals surface area contributed by atoms with E-state index < -0.39 is 0 Å². The lowest BCUT2D eigenvalue weighted by Crippen LogP contribution is -2.00. The summed E-state index contributed by atoms with van der Waals surface area (Å²) in [7, 11) is 0. The average Bonchev–Trinajstić information content (AvgIpc) is 2.72. The van der Waals surface area contributed by atoms with Crippen LogP contribution in [0, 0.1) is 5.82 Å². The molecule has 1 aromatic carbocycles. The van der Waals surface area contributed by atoms with Crippen molar-refractivity contribution in [2.45, 2.75) is 6.54 Å². The van der Waals surface area contributed by atoms with Gasteiger partial charge >= 0.3 is 0 Å². The van der Waals surface area contributed by atoms with E-state index in [9.17, 15) is 4.39 Å². The molecule has 0 bridgehead atoms. The number of halogens is 2. The number of rotatable bonds is 3. The third-order valence-corrected chi connectivity index (χ3v) is 2.86. The van der Waals surface area contributed by atoms with Gasteiger partial charge in [0.05, 0.1) is 12.2 Å². The first-order chi connectivity index (χ1) is 7.25. The molecule has 78 valence electrons. The Morgan fingerprint density at radius 2 is 2.33 bits per heavy atom. The van der Waals surface area contributed by atoms with Crippen LogP contribution in [-0.4, -0.2) is 4.98 Å². The predicted molar refractivity (Wildman–Crippen MR) is 60.9 cm³/mol. The number of anilines is 1. The van der Waals surface area contributed by atoms with Crippen LogP contribution in [0.2, 0.25) is 5.02 Å². The smallest absolute Gasteiger partial charge is 0.146 e. The largest absolute Gasteiger partial charge is 0.376 e. The highest BCUT2D eigenvalue weighted by atomic mass is 35.5. The van der Waals surface area contributed by atoms with Crippen molar-refractivity contribution < 1.29 is 4.39 Å². The zero-order valence-corrected chi connectivity index (χ0v) is 9.28. The molecule has 2 nitrogen and oxygen atoms in total. The van der Waals surface area contributed by atoms with Crippen molar-refractivity contribution in [1.29, 1.82) is 0 Å². The van der Waals surface area contributed by atoms with Gasteiger partial charge in [-0.2, -0.15) is 0 Å². The highest BCUT2D eigenvalue weighted by Crippen LogP contribution is 2.20. The Labute approximate surface area is 95.7 Å². The molecule has 0 saturated heterocycles. The standard InChI is InChI=1S/C10H8ClFN2S/c11-7-1-2-8(12)9(5-7)14-6-10-13-3-4-15-10/h1-5,14H,6H2. The quantitative estimate of drug-likeness (QED) is 0.891. The Morgan fingerprint density at radius 3 is 3.07 bits per heavy atom. The molecule has 0 spiro atoms. The van der Waals surface area contributed by atoms with Crippen LogP contribution >= 0.6 is 22.9 Å². The topological polar surface area (TPSA) is 24.9 Å². The van der Waals surface area contributed by atoms with Crippen LogP contribution < -0.4 is 5.32 Å². The minimum atomic E-state index is -0.309. The van der Waals surface area contributed by atoms with Gasteiger partial charge in [0.2, 0.25) is 0 Å². The fourth-order valence-corrected chi connectivity index (χ4v) is 1.87. The van der Waals surface area contributed by atoms with Gasteiger partial charge < -0.3 is 5.32 Å². The Hall–Kier alpha value is -1.13. The molecule has 15 heavy (non-hydrogen) atoms. The number of nitrogens with one attached hydrogen (secondary N) is 1. The van der Waals surface area contributed by atoms with Gasteiger partial charge in [0.25, 0.3) is 0 Å². The van der Waals surface area contributed by atoms with Crippen molar-refractivity contribution in [3.05, 3.63) is 45.6 Å². The van der Waals surface area contributed by atoms with E-state index >= 15 is 0 Å². The summed E-state index contributed by atoms with van der Waals surface area (Å²) in [5, 5.41) is 6.25. The van der Waals surface area contributed by atoms with Crippen LogP contribution in [0.1, 0.15) is 5.01 Å². The first kappa shape index (κ1) is 10.4. The summed E-state index contributed by atoms with van der Waals surface area (Å²) in [6, 6.07) is 4.42. The summed E-state index contributed by atoms with van der Waals surface area (Å²) in [6.45, 7) is 0.509. The van der Waals surface area contributed by atoms with Gasteiger partial charge in [-0.15, -0.1) is 11.3 Å². The normalized spacial score (nSPS) is 10.3. The molecule has 1 aromatic heterocycles. The molecule has 5 heteroatoms. The Balaban J connectivity index is 2.07. The van der Waals surface area contributed by atoms with E-state index in [-0.39, 0.29) is 5.82 Å². The molecule has 0 fully saturated rings. The maximum absolute atomic E-state index is 13.3. The molecule has 0 aliphatic heterocycles. The number of thiazole rings is 1. The van der Waals surface area contributed by atoms with Crippen molar-refractivity contribution in [2.24, 2.45) is 0 Å². The summed E-state index contributed by atoms with van der Waals surface area (Å²) in [5.41, 5.74) is 0.401. The molecule has 0 atom stereocenters. The fraction of sp³-hybridized carbons (Fsp3) is 0.100. The van der Waals surface area contributed by atoms with Crippen molar-refractivity contribution in [3.8, 4) is 0 Å². The molecule has 0 aliphatic rings. The van der Waals surface area contributed by atoms with Crippen molar-refractivity contribution in [3.63, 3.8) is 0 Å². The second kappa shape index (κ2) is 4.59. The molecular formula is C10H8ClFN2S. The molecule has 1 heterocycles. The van der Waals surface area contributed by atoms with E-state index in [0.717, 1.165) is 5.01 Å². The van der Waals surface area contributed by atoms with Crippen molar-refractivity contribution in [1.82, 2.24) is 4.98 Å². The molecule has 2 aromatic rings. The molecule has 1 N–H and O–H groups in total. The molecule has 0 amide bonds. The SMILES string of the molecule is Fc1ccc(Cl)cc1NCc1nccs1. The Kier molecular flexibility index (Phi) is 3.18. The molecule has 0 aliphatic carbocycles. The maximum Gasteiger partial charge on any atom is 0.146 e. The van der Waals surface area contributed by atoms with E-state index in [1.807, 2.05) is 5.38 Å². The number of hydrogen-bond acceptors (Lipinski definition) is 3. The second-order valence-electron chi connectivity index (χ2n) is 2.90. The predicted octanol–water partition coefficient (Wildman–Crippen LogP) is 3.55. The van der Waals surface area contributed by atoms with Crippen LogP contribution in [0.25, 0.3) is 0 Å². The molecule has 0 radical (unpaired) electrons. The average molecular weight is 243 g/mol. The van der Waals surface area contributed by atoms with Crippen LogP contribution in [0.5, 0.6) is 0 Å². The highest BCUT2D eigenvalue weighted by molar-refractivity contribution is 7.09. The van der Waals surface area contributed by atoms with Gasteiger partial charge in [-0.25, -0.2) is 9.37 Å². The van der Waals surface area contributed by atoms with Gasteiger partial charge in [-0.1, -0.05) is 11.6 Å². The first-order valence-corrected chi connectivity index (χ1v) is 5.59. The minimum Gasteiger partial charge on any atom is -0.376 e. The maximum atomic E-state index is 13.3. The minimum absolute atomic E-state index is 0.309. The molecule has 0 saturated carbocycles. The van der Waals surface area contributed by atoms with E-state index in [4.69, 9.17) is 11.6 Å². The fourth-order valence-electron chi connectivity index (χ4n) is 1.14. The van der Waals surface area contributed by atoms with Crippen molar-refractivity contribution >= 4 is 28.6 Å². The molecule has 2 rings (SSSR count). The van der Waals surface area contributed by atoms with Crippen LogP contribution in [0.3, 0.4) is 0 Å². The zero-order chi connectivity index (χ0) is 10.7. The summed E-state index contributed by atoms with van der Waals surface area (Å²) in [6.07, 6.45) is 1.72. The summed E-state index contributed by atoms with van der Waals surface area (Å²) in [4.78, 5) is 4.08. The van der Waals surface area contributed by atoms with E-state index in [2.05, 4.69) is 10.3 Å². The van der Waals surface area contributed by atoms with Gasteiger partial charge in [0.15, 0.2) is 0 Å². The number of hydrogen-bond donors (Lipinski definition) is 1.